The Labute approximate surface area is 137 Å². The van der Waals surface area contributed by atoms with Gasteiger partial charge in [0.1, 0.15) is 23.5 Å². The first-order chi connectivity index (χ1) is 11.7. The number of methoxy groups -OCH3 is 2. The van der Waals surface area contributed by atoms with Gasteiger partial charge < -0.3 is 9.47 Å². The van der Waals surface area contributed by atoms with Crippen LogP contribution in [0.2, 0.25) is 0 Å². The minimum absolute atomic E-state index is 0.305. The Morgan fingerprint density at radius 3 is 2.79 bits per heavy atom. The van der Waals surface area contributed by atoms with Crippen LogP contribution in [0.5, 0.6) is 5.75 Å². The third-order valence-electron chi connectivity index (χ3n) is 3.87. The smallest absolute Gasteiger partial charge is 0.341 e. The summed E-state index contributed by atoms with van der Waals surface area (Å²) in [6, 6.07) is 8.18. The Bertz CT molecular complexity index is 892. The monoisotopic (exact) mass is 329 g/mol. The number of esters is 1. The molecule has 2 aromatic heterocycles. The summed E-state index contributed by atoms with van der Waals surface area (Å²) in [5.74, 6) is -0.267. The molecular formula is C17H16FN3O3. The van der Waals surface area contributed by atoms with E-state index in [0.717, 1.165) is 5.69 Å². The SMILES string of the molecule is COC(=O)c1ccc(CCc2c(F)cccc2OC)n2cnnc12. The van der Waals surface area contributed by atoms with Gasteiger partial charge in [-0.3, -0.25) is 4.40 Å². The van der Waals surface area contributed by atoms with Gasteiger partial charge in [0.25, 0.3) is 0 Å². The quantitative estimate of drug-likeness (QED) is 0.673. The lowest BCUT2D eigenvalue weighted by Gasteiger charge is -2.11. The van der Waals surface area contributed by atoms with Crippen LogP contribution in [0.4, 0.5) is 4.39 Å². The zero-order chi connectivity index (χ0) is 17.1. The zero-order valence-electron chi connectivity index (χ0n) is 13.3. The normalized spacial score (nSPS) is 10.8. The molecule has 0 amide bonds. The molecule has 24 heavy (non-hydrogen) atoms. The van der Waals surface area contributed by atoms with Gasteiger partial charge in [-0.15, -0.1) is 10.2 Å². The molecular weight excluding hydrogens is 313 g/mol. The van der Waals surface area contributed by atoms with Crippen LogP contribution in [-0.4, -0.2) is 34.8 Å². The molecule has 124 valence electrons. The zero-order valence-corrected chi connectivity index (χ0v) is 13.3. The summed E-state index contributed by atoms with van der Waals surface area (Å²) >= 11 is 0. The number of aryl methyl sites for hydroxylation is 1. The van der Waals surface area contributed by atoms with Crippen molar-refractivity contribution in [2.75, 3.05) is 14.2 Å². The van der Waals surface area contributed by atoms with Crippen LogP contribution in [0, 0.1) is 5.82 Å². The average molecular weight is 329 g/mol. The first-order valence-corrected chi connectivity index (χ1v) is 7.37. The molecule has 0 aliphatic heterocycles. The maximum absolute atomic E-state index is 14.0. The van der Waals surface area contributed by atoms with Gasteiger partial charge in [0, 0.05) is 11.3 Å². The van der Waals surface area contributed by atoms with E-state index in [4.69, 9.17) is 9.47 Å². The first kappa shape index (κ1) is 15.9. The summed E-state index contributed by atoms with van der Waals surface area (Å²) < 4.78 is 25.7. The highest BCUT2D eigenvalue weighted by Gasteiger charge is 2.16. The minimum atomic E-state index is -0.477. The number of hydrogen-bond acceptors (Lipinski definition) is 5. The highest BCUT2D eigenvalue weighted by Crippen LogP contribution is 2.23. The van der Waals surface area contributed by atoms with Crippen molar-refractivity contribution in [3.05, 3.63) is 59.3 Å². The van der Waals surface area contributed by atoms with E-state index < -0.39 is 5.97 Å². The second-order valence-electron chi connectivity index (χ2n) is 5.18. The van der Waals surface area contributed by atoms with E-state index in [1.54, 1.807) is 28.7 Å². The van der Waals surface area contributed by atoms with E-state index in [9.17, 15) is 9.18 Å². The average Bonchev–Trinajstić information content (AvgIpc) is 3.09. The predicted octanol–water partition coefficient (Wildman–Crippen LogP) is 2.45. The van der Waals surface area contributed by atoms with Crippen LogP contribution in [-0.2, 0) is 17.6 Å². The second-order valence-corrected chi connectivity index (χ2v) is 5.18. The maximum Gasteiger partial charge on any atom is 0.341 e. The fourth-order valence-electron chi connectivity index (χ4n) is 2.66. The molecule has 0 fully saturated rings. The topological polar surface area (TPSA) is 65.7 Å². The molecule has 0 saturated heterocycles. The van der Waals surface area contributed by atoms with Gasteiger partial charge in [0.2, 0.25) is 0 Å². The van der Waals surface area contributed by atoms with Crippen molar-refractivity contribution in [2.24, 2.45) is 0 Å². The number of pyridine rings is 1. The molecule has 0 unspecified atom stereocenters. The first-order valence-electron chi connectivity index (χ1n) is 7.37. The van der Waals surface area contributed by atoms with E-state index in [1.165, 1.54) is 26.6 Å². The van der Waals surface area contributed by atoms with Crippen molar-refractivity contribution < 1.29 is 18.7 Å². The Hall–Kier alpha value is -2.96. The van der Waals surface area contributed by atoms with Gasteiger partial charge in [0.05, 0.1) is 14.2 Å². The van der Waals surface area contributed by atoms with Crippen LogP contribution in [0.3, 0.4) is 0 Å². The lowest BCUT2D eigenvalue weighted by molar-refractivity contribution is 0.0602. The van der Waals surface area contributed by atoms with Crippen molar-refractivity contribution in [1.82, 2.24) is 14.6 Å². The van der Waals surface area contributed by atoms with Gasteiger partial charge in [-0.1, -0.05) is 6.07 Å². The third-order valence-corrected chi connectivity index (χ3v) is 3.87. The predicted molar refractivity (Wildman–Crippen MR) is 84.7 cm³/mol. The van der Waals surface area contributed by atoms with E-state index in [2.05, 4.69) is 10.2 Å². The molecule has 6 nitrogen and oxygen atoms in total. The number of benzene rings is 1. The molecule has 0 bridgehead atoms. The molecule has 0 radical (unpaired) electrons. The highest BCUT2D eigenvalue weighted by molar-refractivity contribution is 5.95. The summed E-state index contributed by atoms with van der Waals surface area (Å²) in [5.41, 5.74) is 2.12. The Balaban J connectivity index is 1.92. The third kappa shape index (κ3) is 2.80. The maximum atomic E-state index is 14.0. The molecule has 0 atom stereocenters. The lowest BCUT2D eigenvalue weighted by atomic mass is 10.1. The van der Waals surface area contributed by atoms with Gasteiger partial charge in [0.15, 0.2) is 5.65 Å². The van der Waals surface area contributed by atoms with Crippen LogP contribution >= 0.6 is 0 Å². The number of hydrogen-bond donors (Lipinski definition) is 0. The number of fused-ring (bicyclic) bond motifs is 1. The van der Waals surface area contributed by atoms with Crippen LogP contribution in [0.25, 0.3) is 5.65 Å². The van der Waals surface area contributed by atoms with Crippen molar-refractivity contribution >= 4 is 11.6 Å². The minimum Gasteiger partial charge on any atom is -0.496 e. The van der Waals surface area contributed by atoms with Crippen molar-refractivity contribution in [2.45, 2.75) is 12.8 Å². The number of carbonyl (C=O) groups excluding carboxylic acids is 1. The summed E-state index contributed by atoms with van der Waals surface area (Å²) in [6.45, 7) is 0. The summed E-state index contributed by atoms with van der Waals surface area (Å²) in [6.07, 6.45) is 2.50. The number of halogens is 1. The van der Waals surface area contributed by atoms with Crippen LogP contribution in [0.1, 0.15) is 21.6 Å². The number of ether oxygens (including phenoxy) is 2. The van der Waals surface area contributed by atoms with E-state index in [-0.39, 0.29) is 5.82 Å². The van der Waals surface area contributed by atoms with Crippen molar-refractivity contribution in [1.29, 1.82) is 0 Å². The number of aromatic nitrogens is 3. The molecule has 1 aromatic carbocycles. The number of rotatable bonds is 5. The molecule has 0 aliphatic carbocycles. The van der Waals surface area contributed by atoms with E-state index >= 15 is 0 Å². The standard InChI is InChI=1S/C17H16FN3O3/c1-23-15-5-3-4-14(18)12(15)8-6-11-7-9-13(17(22)24-2)16-20-19-10-21(11)16/h3-5,7,9-10H,6,8H2,1-2H3. The number of carbonyl (C=O) groups is 1. The van der Waals surface area contributed by atoms with Gasteiger partial charge >= 0.3 is 5.97 Å². The molecule has 3 aromatic rings. The fraction of sp³-hybridized carbons (Fsp3) is 0.235. The Kier molecular flexibility index (Phi) is 4.41. The number of nitrogens with zero attached hydrogens (tertiary/aromatic N) is 3. The fourth-order valence-corrected chi connectivity index (χ4v) is 2.66. The van der Waals surface area contributed by atoms with Crippen LogP contribution in [0.15, 0.2) is 36.7 Å². The molecule has 3 rings (SSSR count). The van der Waals surface area contributed by atoms with E-state index in [0.29, 0.717) is 35.4 Å². The Morgan fingerprint density at radius 1 is 1.21 bits per heavy atom. The van der Waals surface area contributed by atoms with Crippen molar-refractivity contribution in [3.8, 4) is 5.75 Å². The largest absolute Gasteiger partial charge is 0.496 e. The van der Waals surface area contributed by atoms with E-state index in [1.807, 2.05) is 0 Å². The van der Waals surface area contributed by atoms with Crippen molar-refractivity contribution in [3.63, 3.8) is 0 Å². The summed E-state index contributed by atoms with van der Waals surface area (Å²) in [7, 11) is 2.83. The second kappa shape index (κ2) is 6.66. The van der Waals surface area contributed by atoms with Gasteiger partial charge in [-0.2, -0.15) is 0 Å². The molecule has 2 heterocycles. The Morgan fingerprint density at radius 2 is 2.04 bits per heavy atom. The summed E-state index contributed by atoms with van der Waals surface area (Å²) in [5, 5.41) is 7.82. The molecule has 0 N–H and O–H groups in total. The molecule has 0 aliphatic rings. The van der Waals surface area contributed by atoms with Gasteiger partial charge in [-0.05, 0) is 37.1 Å². The lowest BCUT2D eigenvalue weighted by Crippen LogP contribution is -2.08. The van der Waals surface area contributed by atoms with Gasteiger partial charge in [-0.25, -0.2) is 9.18 Å². The molecule has 0 spiro atoms. The molecule has 7 heteroatoms. The summed E-state index contributed by atoms with van der Waals surface area (Å²) in [4.78, 5) is 11.8. The highest BCUT2D eigenvalue weighted by atomic mass is 19.1. The van der Waals surface area contributed by atoms with Crippen LogP contribution < -0.4 is 4.74 Å². The molecule has 0 saturated carbocycles.